The molecule has 3 rings (SSSR count). The number of fused-ring (bicyclic) bond motifs is 1. The maximum atomic E-state index is 12.0. The predicted molar refractivity (Wildman–Crippen MR) is 80.7 cm³/mol. The molecule has 1 aromatic carbocycles. The van der Waals surface area contributed by atoms with Gasteiger partial charge in [-0.3, -0.25) is 9.69 Å². The number of nitrogens with zero attached hydrogens (tertiary/aromatic N) is 1. The Labute approximate surface area is 120 Å². The quantitative estimate of drug-likeness (QED) is 0.883. The summed E-state index contributed by atoms with van der Waals surface area (Å²) < 4.78 is 0. The highest BCUT2D eigenvalue weighted by molar-refractivity contribution is 6.02. The van der Waals surface area contributed by atoms with E-state index >= 15 is 0 Å². The number of piperidine rings is 1. The van der Waals surface area contributed by atoms with Gasteiger partial charge in [0.1, 0.15) is 6.04 Å². The van der Waals surface area contributed by atoms with Gasteiger partial charge in [0.2, 0.25) is 5.91 Å². The standard InChI is InChI=1S/C16H23N3O/c1-12(19-9-5-2-6-10-19)11-17-15-13-7-3-4-8-14(13)18-16(15)20/h3-4,7-8,12,15,17H,2,5-6,9-11H2,1H3,(H,18,20). The van der Waals surface area contributed by atoms with Crippen LogP contribution in [-0.4, -0.2) is 36.5 Å². The maximum Gasteiger partial charge on any atom is 0.246 e. The number of anilines is 1. The summed E-state index contributed by atoms with van der Waals surface area (Å²) in [5, 5.41) is 6.37. The van der Waals surface area contributed by atoms with E-state index in [1.807, 2.05) is 24.3 Å². The molecule has 1 amide bonds. The first-order valence-corrected chi connectivity index (χ1v) is 7.63. The second-order valence-corrected chi connectivity index (χ2v) is 5.86. The minimum absolute atomic E-state index is 0.0667. The Balaban J connectivity index is 1.59. The van der Waals surface area contributed by atoms with Crippen LogP contribution in [0.1, 0.15) is 37.8 Å². The van der Waals surface area contributed by atoms with Crippen molar-refractivity contribution >= 4 is 11.6 Å². The van der Waals surface area contributed by atoms with Crippen molar-refractivity contribution in [1.29, 1.82) is 0 Å². The average molecular weight is 273 g/mol. The van der Waals surface area contributed by atoms with Crippen LogP contribution in [0.2, 0.25) is 0 Å². The first kappa shape index (κ1) is 13.6. The second kappa shape index (κ2) is 5.94. The molecular weight excluding hydrogens is 250 g/mol. The minimum Gasteiger partial charge on any atom is -0.324 e. The van der Waals surface area contributed by atoms with Gasteiger partial charge in [0.05, 0.1) is 0 Å². The minimum atomic E-state index is -0.196. The first-order valence-electron chi connectivity index (χ1n) is 7.63. The number of para-hydroxylation sites is 1. The highest BCUT2D eigenvalue weighted by Gasteiger charge is 2.30. The molecule has 2 unspecified atom stereocenters. The van der Waals surface area contributed by atoms with Crippen LogP contribution in [-0.2, 0) is 4.79 Å². The summed E-state index contributed by atoms with van der Waals surface area (Å²) in [6.45, 7) is 5.48. The molecule has 0 radical (unpaired) electrons. The van der Waals surface area contributed by atoms with Crippen LogP contribution in [0.3, 0.4) is 0 Å². The zero-order chi connectivity index (χ0) is 13.9. The lowest BCUT2D eigenvalue weighted by atomic mass is 10.1. The molecule has 1 fully saturated rings. The topological polar surface area (TPSA) is 44.4 Å². The van der Waals surface area contributed by atoms with Gasteiger partial charge in [-0.1, -0.05) is 24.6 Å². The van der Waals surface area contributed by atoms with E-state index in [1.165, 1.54) is 32.4 Å². The van der Waals surface area contributed by atoms with Crippen LogP contribution >= 0.6 is 0 Å². The van der Waals surface area contributed by atoms with E-state index in [1.54, 1.807) is 0 Å². The molecule has 2 atom stereocenters. The first-order chi connectivity index (χ1) is 9.75. The number of nitrogens with one attached hydrogen (secondary N) is 2. The molecule has 2 heterocycles. The third-order valence-corrected chi connectivity index (χ3v) is 4.42. The largest absolute Gasteiger partial charge is 0.324 e. The van der Waals surface area contributed by atoms with Crippen LogP contribution in [0.25, 0.3) is 0 Å². The van der Waals surface area contributed by atoms with Gasteiger partial charge in [-0.05, 0) is 38.9 Å². The SMILES string of the molecule is CC(CNC1C(=O)Nc2ccccc21)N1CCCCC1. The average Bonchev–Trinajstić information content (AvgIpc) is 2.81. The molecule has 0 saturated carbocycles. The number of hydrogen-bond donors (Lipinski definition) is 2. The summed E-state index contributed by atoms with van der Waals surface area (Å²) in [6.07, 6.45) is 3.96. The molecule has 1 aromatic rings. The Hall–Kier alpha value is -1.39. The second-order valence-electron chi connectivity index (χ2n) is 5.86. The lowest BCUT2D eigenvalue weighted by molar-refractivity contribution is -0.117. The van der Waals surface area contributed by atoms with Crippen molar-refractivity contribution in [2.75, 3.05) is 25.0 Å². The molecule has 1 saturated heterocycles. The Morgan fingerprint density at radius 2 is 2.05 bits per heavy atom. The molecule has 20 heavy (non-hydrogen) atoms. The van der Waals surface area contributed by atoms with Crippen LogP contribution in [0.4, 0.5) is 5.69 Å². The molecule has 0 spiro atoms. The molecule has 0 bridgehead atoms. The highest BCUT2D eigenvalue weighted by atomic mass is 16.2. The van der Waals surface area contributed by atoms with E-state index in [0.29, 0.717) is 6.04 Å². The third kappa shape index (κ3) is 2.72. The summed E-state index contributed by atoms with van der Waals surface area (Å²) in [5.41, 5.74) is 2.02. The van der Waals surface area contributed by atoms with Crippen LogP contribution < -0.4 is 10.6 Å². The zero-order valence-corrected chi connectivity index (χ0v) is 12.1. The van der Waals surface area contributed by atoms with Crippen molar-refractivity contribution in [3.63, 3.8) is 0 Å². The smallest absolute Gasteiger partial charge is 0.246 e. The lowest BCUT2D eigenvalue weighted by Gasteiger charge is -2.33. The number of hydrogen-bond acceptors (Lipinski definition) is 3. The van der Waals surface area contributed by atoms with Gasteiger partial charge in [0.15, 0.2) is 0 Å². The molecule has 0 aromatic heterocycles. The summed E-state index contributed by atoms with van der Waals surface area (Å²) in [4.78, 5) is 14.6. The van der Waals surface area contributed by atoms with Gasteiger partial charge in [-0.15, -0.1) is 0 Å². The normalized spacial score (nSPS) is 24.2. The number of amides is 1. The van der Waals surface area contributed by atoms with E-state index in [0.717, 1.165) is 17.8 Å². The molecule has 2 aliphatic heterocycles. The number of likely N-dealkylation sites (tertiary alicyclic amines) is 1. The Bertz CT molecular complexity index is 482. The van der Waals surface area contributed by atoms with E-state index < -0.39 is 0 Å². The van der Waals surface area contributed by atoms with Crippen molar-refractivity contribution in [3.05, 3.63) is 29.8 Å². The molecule has 2 N–H and O–H groups in total. The van der Waals surface area contributed by atoms with Gasteiger partial charge in [-0.2, -0.15) is 0 Å². The summed E-state index contributed by atoms with van der Waals surface area (Å²) in [6, 6.07) is 8.22. The van der Waals surface area contributed by atoms with Crippen LogP contribution in [0.15, 0.2) is 24.3 Å². The summed E-state index contributed by atoms with van der Waals surface area (Å²) in [7, 11) is 0. The Morgan fingerprint density at radius 1 is 1.30 bits per heavy atom. The fourth-order valence-corrected chi connectivity index (χ4v) is 3.19. The van der Waals surface area contributed by atoms with E-state index in [-0.39, 0.29) is 11.9 Å². The van der Waals surface area contributed by atoms with Crippen LogP contribution in [0, 0.1) is 0 Å². The van der Waals surface area contributed by atoms with Gasteiger partial charge in [-0.25, -0.2) is 0 Å². The van der Waals surface area contributed by atoms with E-state index in [2.05, 4.69) is 22.5 Å². The van der Waals surface area contributed by atoms with E-state index in [9.17, 15) is 4.79 Å². The number of carbonyl (C=O) groups excluding carboxylic acids is 1. The van der Waals surface area contributed by atoms with Crippen LogP contribution in [0.5, 0.6) is 0 Å². The number of carbonyl (C=O) groups is 1. The highest BCUT2D eigenvalue weighted by Crippen LogP contribution is 2.30. The fraction of sp³-hybridized carbons (Fsp3) is 0.562. The monoisotopic (exact) mass is 273 g/mol. The van der Waals surface area contributed by atoms with Crippen molar-refractivity contribution in [2.24, 2.45) is 0 Å². The van der Waals surface area contributed by atoms with Gasteiger partial charge in [0.25, 0.3) is 0 Å². The predicted octanol–water partition coefficient (Wildman–Crippen LogP) is 2.14. The number of rotatable bonds is 4. The van der Waals surface area contributed by atoms with Gasteiger partial charge < -0.3 is 10.6 Å². The molecule has 4 nitrogen and oxygen atoms in total. The summed E-state index contributed by atoms with van der Waals surface area (Å²) in [5.74, 6) is 0.0667. The lowest BCUT2D eigenvalue weighted by Crippen LogP contribution is -2.44. The van der Waals surface area contributed by atoms with E-state index in [4.69, 9.17) is 0 Å². The third-order valence-electron chi connectivity index (χ3n) is 4.42. The van der Waals surface area contributed by atoms with Crippen molar-refractivity contribution < 1.29 is 4.79 Å². The molecular formula is C16H23N3O. The zero-order valence-electron chi connectivity index (χ0n) is 12.1. The maximum absolute atomic E-state index is 12.0. The molecule has 0 aliphatic carbocycles. The summed E-state index contributed by atoms with van der Waals surface area (Å²) >= 11 is 0. The van der Waals surface area contributed by atoms with Crippen molar-refractivity contribution in [3.8, 4) is 0 Å². The Kier molecular flexibility index (Phi) is 4.03. The molecule has 2 aliphatic rings. The fourth-order valence-electron chi connectivity index (χ4n) is 3.19. The van der Waals surface area contributed by atoms with Crippen molar-refractivity contribution in [2.45, 2.75) is 38.3 Å². The molecule has 4 heteroatoms. The van der Waals surface area contributed by atoms with Gasteiger partial charge >= 0.3 is 0 Å². The molecule has 108 valence electrons. The number of benzene rings is 1. The Morgan fingerprint density at radius 3 is 2.85 bits per heavy atom. The van der Waals surface area contributed by atoms with Crippen molar-refractivity contribution in [1.82, 2.24) is 10.2 Å². The van der Waals surface area contributed by atoms with Gasteiger partial charge in [0, 0.05) is 23.8 Å².